The van der Waals surface area contributed by atoms with E-state index in [4.69, 9.17) is 14.4 Å². The molecular weight excluding hydrogens is 657 g/mol. The first-order valence-corrected chi connectivity index (χ1v) is 18.6. The maximum absolute atomic E-state index is 6.49. The van der Waals surface area contributed by atoms with Crippen molar-refractivity contribution in [3.63, 3.8) is 0 Å². The van der Waals surface area contributed by atoms with Crippen LogP contribution in [-0.4, -0.2) is 9.97 Å². The molecule has 0 atom stereocenters. The third-order valence-electron chi connectivity index (χ3n) is 11.5. The summed E-state index contributed by atoms with van der Waals surface area (Å²) in [4.78, 5) is 10.4. The fourth-order valence-corrected chi connectivity index (χ4v) is 8.93. The maximum atomic E-state index is 6.49. The van der Waals surface area contributed by atoms with Crippen LogP contribution in [0.3, 0.4) is 0 Å². The minimum Gasteiger partial charge on any atom is -0.455 e. The quantitative estimate of drug-likeness (QED) is 0.184. The molecule has 254 valence electrons. The summed E-state index contributed by atoms with van der Waals surface area (Å²) >= 11 is 0. The second-order valence-electron chi connectivity index (χ2n) is 14.9. The molecule has 3 nitrogen and oxygen atoms in total. The van der Waals surface area contributed by atoms with E-state index in [9.17, 15) is 0 Å². The summed E-state index contributed by atoms with van der Waals surface area (Å²) in [5.41, 5.74) is 14.1. The smallest absolute Gasteiger partial charge is 0.160 e. The zero-order valence-electron chi connectivity index (χ0n) is 30.0. The Bertz CT molecular complexity index is 3130. The van der Waals surface area contributed by atoms with E-state index in [0.717, 1.165) is 55.4 Å². The molecule has 0 bridgehead atoms. The average molecular weight is 691 g/mol. The minimum absolute atomic E-state index is 0.134. The molecule has 8 aromatic carbocycles. The van der Waals surface area contributed by atoms with Crippen LogP contribution in [-0.2, 0) is 5.41 Å². The normalized spacial score (nSPS) is 13.1. The Balaban J connectivity index is 1.09. The zero-order chi connectivity index (χ0) is 36.0. The Labute approximate surface area is 313 Å². The molecule has 1 aliphatic carbocycles. The van der Waals surface area contributed by atoms with Crippen LogP contribution < -0.4 is 0 Å². The van der Waals surface area contributed by atoms with Gasteiger partial charge < -0.3 is 4.42 Å². The second-order valence-corrected chi connectivity index (χ2v) is 14.9. The number of hydrogen-bond acceptors (Lipinski definition) is 3. The van der Waals surface area contributed by atoms with Crippen molar-refractivity contribution in [3.05, 3.63) is 181 Å². The Kier molecular flexibility index (Phi) is 6.60. The SMILES string of the molecule is CC1(C)c2cc(-c3ccc(-c4cc(-c5cccc6c5oc5ccccc56)nc(-c5ccccc5)n4)c4ccccc34)ccc2-c2ccc3ccccc3c21. The molecule has 0 aliphatic heterocycles. The van der Waals surface area contributed by atoms with Gasteiger partial charge in [-0.15, -0.1) is 0 Å². The van der Waals surface area contributed by atoms with Gasteiger partial charge in [-0.25, -0.2) is 9.97 Å². The number of hydrogen-bond donors (Lipinski definition) is 0. The standard InChI is InChI=1S/C51H34N2O/c1-51(2)44-29-33(24-25-38(44)41-26-23-31-13-6-7-16-35(31)48(41)51)34-27-28-39(37-18-9-8-17-36(34)37)45-30-46(53-50(52-45)32-14-4-3-5-15-32)43-21-12-20-42-40-19-10-11-22-47(40)54-49(42)43/h3-30H,1-2H3. The van der Waals surface area contributed by atoms with Gasteiger partial charge in [-0.05, 0) is 79.2 Å². The predicted molar refractivity (Wildman–Crippen MR) is 224 cm³/mol. The molecule has 0 spiro atoms. The largest absolute Gasteiger partial charge is 0.455 e. The molecule has 0 unspecified atom stereocenters. The van der Waals surface area contributed by atoms with Crippen molar-refractivity contribution in [2.45, 2.75) is 19.3 Å². The van der Waals surface area contributed by atoms with Gasteiger partial charge in [0.2, 0.25) is 0 Å². The van der Waals surface area contributed by atoms with Crippen LogP contribution >= 0.6 is 0 Å². The monoisotopic (exact) mass is 690 g/mol. The third-order valence-corrected chi connectivity index (χ3v) is 11.5. The summed E-state index contributed by atoms with van der Waals surface area (Å²) in [5.74, 6) is 0.678. The zero-order valence-corrected chi connectivity index (χ0v) is 30.0. The number of benzene rings is 8. The molecule has 0 amide bonds. The molecule has 0 N–H and O–H groups in total. The van der Waals surface area contributed by atoms with Gasteiger partial charge in [-0.3, -0.25) is 0 Å². The molecule has 54 heavy (non-hydrogen) atoms. The van der Waals surface area contributed by atoms with Crippen molar-refractivity contribution in [1.29, 1.82) is 0 Å². The van der Waals surface area contributed by atoms with Crippen LogP contribution in [0.15, 0.2) is 174 Å². The highest BCUT2D eigenvalue weighted by Gasteiger charge is 2.37. The first-order valence-electron chi connectivity index (χ1n) is 18.6. The second kappa shape index (κ2) is 11.6. The number of fused-ring (bicyclic) bond motifs is 9. The van der Waals surface area contributed by atoms with Gasteiger partial charge >= 0.3 is 0 Å². The average Bonchev–Trinajstić information content (AvgIpc) is 3.72. The summed E-state index contributed by atoms with van der Waals surface area (Å²) in [6, 6.07) is 60.5. The lowest BCUT2D eigenvalue weighted by molar-refractivity contribution is 0.666. The van der Waals surface area contributed by atoms with Crippen molar-refractivity contribution in [3.8, 4) is 56.2 Å². The van der Waals surface area contributed by atoms with Crippen LogP contribution in [0.25, 0.3) is 99.6 Å². The molecule has 10 aromatic rings. The van der Waals surface area contributed by atoms with E-state index >= 15 is 0 Å². The number of rotatable bonds is 4. The molecule has 0 radical (unpaired) electrons. The summed E-state index contributed by atoms with van der Waals surface area (Å²) in [6.45, 7) is 4.75. The highest BCUT2D eigenvalue weighted by molar-refractivity contribution is 6.10. The topological polar surface area (TPSA) is 38.9 Å². The van der Waals surface area contributed by atoms with Crippen LogP contribution in [0, 0.1) is 0 Å². The Morgan fingerprint density at radius 3 is 1.89 bits per heavy atom. The number of para-hydroxylation sites is 2. The molecular formula is C51H34N2O. The number of furan rings is 1. The summed E-state index contributed by atoms with van der Waals surface area (Å²) < 4.78 is 6.49. The maximum Gasteiger partial charge on any atom is 0.160 e. The van der Waals surface area contributed by atoms with Gasteiger partial charge in [0.25, 0.3) is 0 Å². The van der Waals surface area contributed by atoms with Gasteiger partial charge in [-0.1, -0.05) is 159 Å². The predicted octanol–water partition coefficient (Wildman–Crippen LogP) is 13.7. The van der Waals surface area contributed by atoms with Crippen LogP contribution in [0.4, 0.5) is 0 Å². The fourth-order valence-electron chi connectivity index (χ4n) is 8.93. The van der Waals surface area contributed by atoms with E-state index in [-0.39, 0.29) is 5.41 Å². The lowest BCUT2D eigenvalue weighted by Gasteiger charge is -2.24. The van der Waals surface area contributed by atoms with Crippen molar-refractivity contribution in [1.82, 2.24) is 9.97 Å². The highest BCUT2D eigenvalue weighted by Crippen LogP contribution is 2.52. The van der Waals surface area contributed by atoms with Crippen molar-refractivity contribution in [2.75, 3.05) is 0 Å². The molecule has 2 aromatic heterocycles. The van der Waals surface area contributed by atoms with Crippen LogP contribution in [0.5, 0.6) is 0 Å². The first-order chi connectivity index (χ1) is 26.5. The van der Waals surface area contributed by atoms with Gasteiger partial charge in [0.05, 0.1) is 11.4 Å². The lowest BCUT2D eigenvalue weighted by Crippen LogP contribution is -2.15. The number of nitrogens with zero attached hydrogens (tertiary/aromatic N) is 2. The van der Waals surface area contributed by atoms with E-state index < -0.39 is 0 Å². The Morgan fingerprint density at radius 2 is 1.06 bits per heavy atom. The summed E-state index contributed by atoms with van der Waals surface area (Å²) in [7, 11) is 0. The lowest BCUT2D eigenvalue weighted by atomic mass is 9.79. The van der Waals surface area contributed by atoms with E-state index in [1.807, 2.05) is 30.3 Å². The third kappa shape index (κ3) is 4.55. The molecule has 1 aliphatic rings. The van der Waals surface area contributed by atoms with E-state index in [1.54, 1.807) is 0 Å². The van der Waals surface area contributed by atoms with E-state index in [2.05, 4.69) is 153 Å². The highest BCUT2D eigenvalue weighted by atomic mass is 16.3. The molecule has 3 heteroatoms. The summed E-state index contributed by atoms with van der Waals surface area (Å²) in [6.07, 6.45) is 0. The van der Waals surface area contributed by atoms with Gasteiger partial charge in [-0.2, -0.15) is 0 Å². The summed E-state index contributed by atoms with van der Waals surface area (Å²) in [5, 5.41) is 7.14. The van der Waals surface area contributed by atoms with Crippen molar-refractivity contribution >= 4 is 43.5 Å². The number of aromatic nitrogens is 2. The molecule has 0 fully saturated rings. The molecule has 0 saturated heterocycles. The van der Waals surface area contributed by atoms with E-state index in [0.29, 0.717) is 5.82 Å². The Hall–Kier alpha value is -6.84. The van der Waals surface area contributed by atoms with Crippen LogP contribution in [0.2, 0.25) is 0 Å². The van der Waals surface area contributed by atoms with Crippen LogP contribution in [0.1, 0.15) is 25.0 Å². The molecule has 11 rings (SSSR count). The Morgan fingerprint density at radius 1 is 0.426 bits per heavy atom. The molecule has 2 heterocycles. The van der Waals surface area contributed by atoms with Gasteiger partial charge in [0.15, 0.2) is 5.82 Å². The minimum atomic E-state index is -0.134. The van der Waals surface area contributed by atoms with Crippen molar-refractivity contribution in [2.24, 2.45) is 0 Å². The van der Waals surface area contributed by atoms with Gasteiger partial charge in [0, 0.05) is 32.9 Å². The fraction of sp³-hybridized carbons (Fsp3) is 0.0588. The van der Waals surface area contributed by atoms with E-state index in [1.165, 1.54) is 49.5 Å². The van der Waals surface area contributed by atoms with Gasteiger partial charge in [0.1, 0.15) is 11.2 Å². The van der Waals surface area contributed by atoms with Crippen molar-refractivity contribution < 1.29 is 4.42 Å². The first kappa shape index (κ1) is 30.8. The molecule has 0 saturated carbocycles.